The Kier molecular flexibility index (Phi) is 9.49. The molecule has 0 aromatic heterocycles. The van der Waals surface area contributed by atoms with Gasteiger partial charge in [-0.2, -0.15) is 0 Å². The lowest BCUT2D eigenvalue weighted by Gasteiger charge is -2.28. The van der Waals surface area contributed by atoms with Crippen LogP contribution >= 0.6 is 0 Å². The zero-order valence-corrected chi connectivity index (χ0v) is 18.5. The number of hydrogen-bond acceptors (Lipinski definition) is 6. The van der Waals surface area contributed by atoms with E-state index in [1.807, 2.05) is 18.2 Å². The number of rotatable bonds is 9. The molecular formula is C22H32N2O6. The van der Waals surface area contributed by atoms with Gasteiger partial charge in [0.2, 0.25) is 5.91 Å². The van der Waals surface area contributed by atoms with Gasteiger partial charge in [0.05, 0.1) is 0 Å². The van der Waals surface area contributed by atoms with Crippen molar-refractivity contribution < 1.29 is 28.7 Å². The quantitative estimate of drug-likeness (QED) is 0.594. The molecule has 0 aliphatic carbocycles. The third-order valence-electron chi connectivity index (χ3n) is 3.94. The summed E-state index contributed by atoms with van der Waals surface area (Å²) < 4.78 is 10.5. The molecule has 8 nitrogen and oxygen atoms in total. The molecule has 2 atom stereocenters. The van der Waals surface area contributed by atoms with Gasteiger partial charge in [0, 0.05) is 6.42 Å². The smallest absolute Gasteiger partial charge is 0.408 e. The molecule has 0 spiro atoms. The summed E-state index contributed by atoms with van der Waals surface area (Å²) in [6.45, 7) is 10.0. The lowest BCUT2D eigenvalue weighted by Crippen LogP contribution is -2.54. The van der Waals surface area contributed by atoms with E-state index in [1.165, 1.54) is 6.92 Å². The van der Waals surface area contributed by atoms with E-state index in [4.69, 9.17) is 9.47 Å². The van der Waals surface area contributed by atoms with E-state index in [9.17, 15) is 19.2 Å². The fourth-order valence-corrected chi connectivity index (χ4v) is 2.52. The van der Waals surface area contributed by atoms with E-state index >= 15 is 0 Å². The van der Waals surface area contributed by atoms with Crippen molar-refractivity contribution in [2.45, 2.75) is 72.3 Å². The molecule has 2 amide bonds. The highest BCUT2D eigenvalue weighted by molar-refractivity contribution is 5.93. The van der Waals surface area contributed by atoms with Gasteiger partial charge in [-0.25, -0.2) is 9.59 Å². The molecule has 0 fully saturated rings. The van der Waals surface area contributed by atoms with Gasteiger partial charge in [-0.3, -0.25) is 9.59 Å². The van der Waals surface area contributed by atoms with Gasteiger partial charge < -0.3 is 20.1 Å². The van der Waals surface area contributed by atoms with Crippen LogP contribution < -0.4 is 10.6 Å². The van der Waals surface area contributed by atoms with Crippen molar-refractivity contribution in [2.75, 3.05) is 0 Å². The van der Waals surface area contributed by atoms with Gasteiger partial charge in [0.25, 0.3) is 0 Å². The first-order valence-electron chi connectivity index (χ1n) is 9.89. The van der Waals surface area contributed by atoms with Crippen molar-refractivity contribution in [3.63, 3.8) is 0 Å². The number of ketones is 1. The summed E-state index contributed by atoms with van der Waals surface area (Å²) in [5.41, 5.74) is 0.0674. The van der Waals surface area contributed by atoms with Crippen molar-refractivity contribution in [3.05, 3.63) is 35.9 Å². The van der Waals surface area contributed by atoms with Crippen LogP contribution in [0.25, 0.3) is 0 Å². The molecule has 0 unspecified atom stereocenters. The fourth-order valence-electron chi connectivity index (χ4n) is 2.52. The van der Waals surface area contributed by atoms with Crippen LogP contribution in [0.4, 0.5) is 4.79 Å². The predicted octanol–water partition coefficient (Wildman–Crippen LogP) is 2.74. The van der Waals surface area contributed by atoms with Crippen LogP contribution in [-0.4, -0.2) is 41.4 Å². The summed E-state index contributed by atoms with van der Waals surface area (Å²) in [5.74, 6) is -1.80. The van der Waals surface area contributed by atoms with Crippen LogP contribution in [0, 0.1) is 5.92 Å². The van der Waals surface area contributed by atoms with Gasteiger partial charge in [0.15, 0.2) is 0 Å². The molecule has 0 aliphatic heterocycles. The third-order valence-corrected chi connectivity index (χ3v) is 3.94. The highest BCUT2D eigenvalue weighted by Gasteiger charge is 2.32. The first-order valence-corrected chi connectivity index (χ1v) is 9.89. The molecule has 0 saturated heterocycles. The number of esters is 1. The van der Waals surface area contributed by atoms with Crippen LogP contribution in [0.5, 0.6) is 0 Å². The van der Waals surface area contributed by atoms with E-state index in [-0.39, 0.29) is 24.7 Å². The summed E-state index contributed by atoms with van der Waals surface area (Å²) in [5, 5.41) is 4.99. The second-order valence-corrected chi connectivity index (χ2v) is 8.43. The minimum Gasteiger partial charge on any atom is -0.458 e. The number of nitrogens with one attached hydrogen (secondary N) is 2. The average molecular weight is 421 g/mol. The minimum atomic E-state index is -1.17. The predicted molar refractivity (Wildman–Crippen MR) is 111 cm³/mol. The van der Waals surface area contributed by atoms with E-state index < -0.39 is 35.7 Å². The molecule has 1 aromatic rings. The van der Waals surface area contributed by atoms with Gasteiger partial charge in [0.1, 0.15) is 30.1 Å². The number of benzene rings is 1. The second kappa shape index (κ2) is 11.3. The summed E-state index contributed by atoms with van der Waals surface area (Å²) in [4.78, 5) is 48.9. The second-order valence-electron chi connectivity index (χ2n) is 8.43. The number of hydrogen-bond donors (Lipinski definition) is 2. The third kappa shape index (κ3) is 9.54. The first-order chi connectivity index (χ1) is 13.9. The highest BCUT2D eigenvalue weighted by atomic mass is 16.6. The molecule has 0 bridgehead atoms. The monoisotopic (exact) mass is 420 g/mol. The molecular weight excluding hydrogens is 388 g/mol. The van der Waals surface area contributed by atoms with Crippen molar-refractivity contribution in [3.8, 4) is 0 Å². The summed E-state index contributed by atoms with van der Waals surface area (Å²) in [6, 6.07) is 6.95. The SMILES string of the molecule is CC(=O)C[C@H](NC(=O)OCc1ccccc1)C(=O)N[C@H](C(=O)OC(C)(C)C)C(C)C. The molecule has 1 rings (SSSR count). The minimum absolute atomic E-state index is 0.0214. The Labute approximate surface area is 177 Å². The Morgan fingerprint density at radius 3 is 2.10 bits per heavy atom. The Bertz CT molecular complexity index is 740. The highest BCUT2D eigenvalue weighted by Crippen LogP contribution is 2.13. The molecule has 1 aromatic carbocycles. The number of alkyl carbamates (subject to hydrolysis) is 1. The Morgan fingerprint density at radius 2 is 1.60 bits per heavy atom. The molecule has 166 valence electrons. The van der Waals surface area contributed by atoms with E-state index in [2.05, 4.69) is 10.6 Å². The van der Waals surface area contributed by atoms with Gasteiger partial charge in [-0.05, 0) is 39.2 Å². The summed E-state index contributed by atoms with van der Waals surface area (Å²) >= 11 is 0. The lowest BCUT2D eigenvalue weighted by atomic mass is 10.0. The summed E-state index contributed by atoms with van der Waals surface area (Å²) in [6.07, 6.45) is -1.07. The molecule has 0 saturated carbocycles. The van der Waals surface area contributed by atoms with Crippen LogP contribution in [0.1, 0.15) is 53.5 Å². The molecule has 0 aliphatic rings. The van der Waals surface area contributed by atoms with Crippen LogP contribution in [-0.2, 0) is 30.5 Å². The zero-order valence-electron chi connectivity index (χ0n) is 18.5. The Balaban J connectivity index is 2.79. The van der Waals surface area contributed by atoms with Gasteiger partial charge in [-0.15, -0.1) is 0 Å². The summed E-state index contributed by atoms with van der Waals surface area (Å²) in [7, 11) is 0. The standard InChI is InChI=1S/C22H32N2O6/c1-14(2)18(20(27)30-22(4,5)6)24-19(26)17(12-15(3)25)23-21(28)29-13-16-10-8-7-9-11-16/h7-11,14,17-18H,12-13H2,1-6H3,(H,23,28)(H,24,26)/t17-,18-/m0/s1. The number of amides is 2. The van der Waals surface area contributed by atoms with Crippen molar-refractivity contribution >= 4 is 23.8 Å². The normalized spacial score (nSPS) is 13.2. The fraction of sp³-hybridized carbons (Fsp3) is 0.545. The van der Waals surface area contributed by atoms with Crippen LogP contribution in [0.3, 0.4) is 0 Å². The maximum atomic E-state index is 12.7. The Morgan fingerprint density at radius 1 is 1.00 bits per heavy atom. The van der Waals surface area contributed by atoms with Gasteiger partial charge in [-0.1, -0.05) is 44.2 Å². The van der Waals surface area contributed by atoms with E-state index in [0.717, 1.165) is 5.56 Å². The number of ether oxygens (including phenoxy) is 2. The molecule has 30 heavy (non-hydrogen) atoms. The van der Waals surface area contributed by atoms with Crippen LogP contribution in [0.2, 0.25) is 0 Å². The average Bonchev–Trinajstić information content (AvgIpc) is 2.62. The first kappa shape index (κ1) is 25.1. The van der Waals surface area contributed by atoms with E-state index in [1.54, 1.807) is 46.8 Å². The lowest BCUT2D eigenvalue weighted by molar-refractivity contribution is -0.160. The maximum Gasteiger partial charge on any atom is 0.408 e. The molecule has 0 heterocycles. The molecule has 2 N–H and O–H groups in total. The Hall–Kier alpha value is -2.90. The van der Waals surface area contributed by atoms with Crippen LogP contribution in [0.15, 0.2) is 30.3 Å². The number of carbonyl (C=O) groups is 4. The van der Waals surface area contributed by atoms with E-state index in [0.29, 0.717) is 0 Å². The number of carbonyl (C=O) groups excluding carboxylic acids is 4. The maximum absolute atomic E-state index is 12.7. The van der Waals surface area contributed by atoms with Crippen molar-refractivity contribution in [1.29, 1.82) is 0 Å². The largest absolute Gasteiger partial charge is 0.458 e. The molecule has 8 heteroatoms. The zero-order chi connectivity index (χ0) is 22.9. The number of Topliss-reactive ketones (excluding diaryl/α,β-unsaturated/α-hetero) is 1. The van der Waals surface area contributed by atoms with Crippen molar-refractivity contribution in [2.24, 2.45) is 5.92 Å². The van der Waals surface area contributed by atoms with Crippen molar-refractivity contribution in [1.82, 2.24) is 10.6 Å². The molecule has 0 radical (unpaired) electrons. The topological polar surface area (TPSA) is 111 Å². The van der Waals surface area contributed by atoms with Gasteiger partial charge >= 0.3 is 12.1 Å².